The first-order valence-electron chi connectivity index (χ1n) is 2.13. The Morgan fingerprint density at radius 2 is 2.11 bits per heavy atom. The van der Waals surface area contributed by atoms with Gasteiger partial charge in [-0.05, 0) is 0 Å². The highest BCUT2D eigenvalue weighted by Crippen LogP contribution is 1.81. The number of nitrogens with one attached hydrogen (secondary N) is 1. The van der Waals surface area contributed by atoms with Crippen molar-refractivity contribution < 1.29 is 0 Å². The van der Waals surface area contributed by atoms with Gasteiger partial charge in [-0.15, -0.1) is 22.8 Å². The molecule has 0 aliphatic heterocycles. The fourth-order valence-corrected chi connectivity index (χ4v) is 0.590. The van der Waals surface area contributed by atoms with Crippen molar-refractivity contribution in [3.05, 3.63) is 12.7 Å². The molecule has 0 aliphatic rings. The van der Waals surface area contributed by atoms with E-state index in [9.17, 15) is 0 Å². The van der Waals surface area contributed by atoms with E-state index in [2.05, 4.69) is 40.5 Å². The van der Waals surface area contributed by atoms with Gasteiger partial charge in [0.2, 0.25) is 0 Å². The van der Waals surface area contributed by atoms with E-state index in [4.69, 9.17) is 0 Å². The van der Waals surface area contributed by atoms with Crippen molar-refractivity contribution in [1.82, 2.24) is 14.9 Å². The highest BCUT2D eigenvalue weighted by atomic mass is 32.1. The molecule has 0 saturated heterocycles. The topological polar surface area (TPSA) is 42.7 Å². The van der Waals surface area contributed by atoms with Crippen molar-refractivity contribution >= 4 is 29.2 Å². The van der Waals surface area contributed by atoms with Gasteiger partial charge in [0.1, 0.15) is 17.0 Å². The standard InChI is InChI=1S/C3H4N4S2/c8-3(9)6-7-1-4-5-2-7/h1-2H,(H2,6,8,9). The molecule has 0 aliphatic carbocycles. The van der Waals surface area contributed by atoms with E-state index >= 15 is 0 Å². The second-order valence-corrected chi connectivity index (χ2v) is 2.44. The van der Waals surface area contributed by atoms with Gasteiger partial charge in [0.25, 0.3) is 0 Å². The first kappa shape index (κ1) is 6.50. The van der Waals surface area contributed by atoms with Crippen molar-refractivity contribution in [3.8, 4) is 0 Å². The van der Waals surface area contributed by atoms with Crippen molar-refractivity contribution in [2.75, 3.05) is 5.43 Å². The molecule has 48 valence electrons. The summed E-state index contributed by atoms with van der Waals surface area (Å²) in [5.74, 6) is 0. The Morgan fingerprint density at radius 3 is 2.56 bits per heavy atom. The van der Waals surface area contributed by atoms with Gasteiger partial charge in [0.15, 0.2) is 0 Å². The normalized spacial score (nSPS) is 9.00. The SMILES string of the molecule is S=C(S)Nn1cnnc1. The predicted octanol–water partition coefficient (Wildman–Crippen LogP) is 0.0363. The van der Waals surface area contributed by atoms with Crippen LogP contribution in [0.4, 0.5) is 0 Å². The number of aromatic nitrogens is 3. The van der Waals surface area contributed by atoms with Gasteiger partial charge in [-0.3, -0.25) is 5.43 Å². The van der Waals surface area contributed by atoms with Crippen molar-refractivity contribution in [1.29, 1.82) is 0 Å². The molecule has 0 atom stereocenters. The third-order valence-corrected chi connectivity index (χ3v) is 0.835. The van der Waals surface area contributed by atoms with Gasteiger partial charge >= 0.3 is 0 Å². The lowest BCUT2D eigenvalue weighted by Gasteiger charge is -1.98. The number of thiocarbonyl (C=S) groups is 1. The Bertz CT molecular complexity index is 194. The van der Waals surface area contributed by atoms with Crippen LogP contribution in [0, 0.1) is 0 Å². The van der Waals surface area contributed by atoms with E-state index in [1.807, 2.05) is 0 Å². The Labute approximate surface area is 62.7 Å². The van der Waals surface area contributed by atoms with Gasteiger partial charge in [-0.2, -0.15) is 0 Å². The third-order valence-electron chi connectivity index (χ3n) is 0.643. The summed E-state index contributed by atoms with van der Waals surface area (Å²) in [6, 6.07) is 0. The van der Waals surface area contributed by atoms with E-state index < -0.39 is 0 Å². The third kappa shape index (κ3) is 1.98. The molecule has 1 rings (SSSR count). The second kappa shape index (κ2) is 2.79. The minimum absolute atomic E-state index is 0.384. The molecule has 0 saturated carbocycles. The lowest BCUT2D eigenvalue weighted by molar-refractivity contribution is 0.981. The second-order valence-electron chi connectivity index (χ2n) is 1.29. The Balaban J connectivity index is 2.58. The van der Waals surface area contributed by atoms with Gasteiger partial charge in [0.05, 0.1) is 0 Å². The van der Waals surface area contributed by atoms with Crippen LogP contribution >= 0.6 is 24.8 Å². The van der Waals surface area contributed by atoms with Gasteiger partial charge in [0, 0.05) is 0 Å². The molecule has 1 N–H and O–H groups in total. The molecular formula is C3H4N4S2. The highest BCUT2D eigenvalue weighted by molar-refractivity contribution is 8.11. The Morgan fingerprint density at radius 1 is 1.56 bits per heavy atom. The summed E-state index contributed by atoms with van der Waals surface area (Å²) in [6.07, 6.45) is 2.98. The van der Waals surface area contributed by atoms with Gasteiger partial charge in [-0.1, -0.05) is 12.2 Å². The maximum absolute atomic E-state index is 4.62. The summed E-state index contributed by atoms with van der Waals surface area (Å²) >= 11 is 8.45. The van der Waals surface area contributed by atoms with Crippen LogP contribution in [-0.2, 0) is 0 Å². The number of hydrogen-bond donors (Lipinski definition) is 2. The van der Waals surface area contributed by atoms with Crippen molar-refractivity contribution in [3.63, 3.8) is 0 Å². The molecule has 0 bridgehead atoms. The first-order chi connectivity index (χ1) is 4.29. The summed E-state index contributed by atoms with van der Waals surface area (Å²) in [7, 11) is 0. The van der Waals surface area contributed by atoms with Crippen LogP contribution < -0.4 is 5.43 Å². The zero-order valence-electron chi connectivity index (χ0n) is 4.35. The predicted molar refractivity (Wildman–Crippen MR) is 41.0 cm³/mol. The zero-order valence-corrected chi connectivity index (χ0v) is 6.06. The van der Waals surface area contributed by atoms with E-state index in [0.717, 1.165) is 0 Å². The van der Waals surface area contributed by atoms with Crippen LogP contribution in [0.25, 0.3) is 0 Å². The maximum Gasteiger partial charge on any atom is 0.149 e. The average molecular weight is 160 g/mol. The zero-order chi connectivity index (χ0) is 6.69. The average Bonchev–Trinajstić information content (AvgIpc) is 2.15. The summed E-state index contributed by atoms with van der Waals surface area (Å²) in [6.45, 7) is 0. The molecule has 0 aromatic carbocycles. The molecule has 4 nitrogen and oxygen atoms in total. The van der Waals surface area contributed by atoms with Crippen LogP contribution in [0.1, 0.15) is 0 Å². The minimum atomic E-state index is 0.384. The van der Waals surface area contributed by atoms with Gasteiger partial charge < -0.3 is 0 Å². The van der Waals surface area contributed by atoms with Crippen LogP contribution in [0.2, 0.25) is 0 Å². The maximum atomic E-state index is 4.62. The van der Waals surface area contributed by atoms with Crippen LogP contribution in [0.5, 0.6) is 0 Å². The van der Waals surface area contributed by atoms with E-state index in [0.29, 0.717) is 4.32 Å². The molecule has 0 amide bonds. The Hall–Kier alpha value is -0.620. The molecule has 0 spiro atoms. The minimum Gasteiger partial charge on any atom is -0.276 e. The molecule has 6 heteroatoms. The highest BCUT2D eigenvalue weighted by Gasteiger charge is 1.86. The molecule has 0 unspecified atom stereocenters. The Kier molecular flexibility index (Phi) is 2.01. The molecule has 1 aromatic heterocycles. The van der Waals surface area contributed by atoms with E-state index in [1.165, 1.54) is 17.3 Å². The summed E-state index contributed by atoms with van der Waals surface area (Å²) in [4.78, 5) is 0. The fourth-order valence-electron chi connectivity index (χ4n) is 0.369. The number of thiol groups is 1. The molecule has 1 aromatic rings. The van der Waals surface area contributed by atoms with Crippen LogP contribution in [0.3, 0.4) is 0 Å². The number of hydrogen-bond acceptors (Lipinski definition) is 3. The monoisotopic (exact) mass is 160 g/mol. The summed E-state index contributed by atoms with van der Waals surface area (Å²) in [5, 5.41) is 7.06. The van der Waals surface area contributed by atoms with Crippen molar-refractivity contribution in [2.45, 2.75) is 0 Å². The molecular weight excluding hydrogens is 156 g/mol. The number of nitrogens with zero attached hydrogens (tertiary/aromatic N) is 3. The molecule has 0 fully saturated rings. The van der Waals surface area contributed by atoms with Crippen molar-refractivity contribution in [2.24, 2.45) is 0 Å². The first-order valence-corrected chi connectivity index (χ1v) is 2.99. The van der Waals surface area contributed by atoms with E-state index in [-0.39, 0.29) is 0 Å². The smallest absolute Gasteiger partial charge is 0.149 e. The largest absolute Gasteiger partial charge is 0.276 e. The van der Waals surface area contributed by atoms with Gasteiger partial charge in [-0.25, -0.2) is 4.68 Å². The van der Waals surface area contributed by atoms with Crippen LogP contribution in [-0.4, -0.2) is 19.2 Å². The molecule has 0 radical (unpaired) electrons. The number of rotatable bonds is 1. The quantitative estimate of drug-likeness (QED) is 0.449. The molecule has 1 heterocycles. The van der Waals surface area contributed by atoms with Crippen LogP contribution in [0.15, 0.2) is 12.7 Å². The lowest BCUT2D eigenvalue weighted by Crippen LogP contribution is -2.14. The molecule has 9 heavy (non-hydrogen) atoms. The summed E-state index contributed by atoms with van der Waals surface area (Å²) in [5.41, 5.74) is 2.67. The van der Waals surface area contributed by atoms with E-state index in [1.54, 1.807) is 0 Å². The lowest BCUT2D eigenvalue weighted by atomic mass is 11.2. The fraction of sp³-hybridized carbons (Fsp3) is 0. The summed E-state index contributed by atoms with van der Waals surface area (Å²) < 4.78 is 1.89.